The maximum absolute atomic E-state index is 13.4. The van der Waals surface area contributed by atoms with E-state index in [0.29, 0.717) is 10.9 Å². The number of likely N-dealkylation sites (tertiary alicyclic amines) is 1. The fourth-order valence-electron chi connectivity index (χ4n) is 5.17. The molecule has 2 saturated heterocycles. The zero-order valence-electron chi connectivity index (χ0n) is 24.5. The van der Waals surface area contributed by atoms with E-state index in [1.54, 1.807) is 31.2 Å². The van der Waals surface area contributed by atoms with Crippen LogP contribution in [0, 0.1) is 5.92 Å². The molecule has 2 aliphatic heterocycles. The van der Waals surface area contributed by atoms with E-state index in [2.05, 4.69) is 10.3 Å². The van der Waals surface area contributed by atoms with E-state index < -0.39 is 67.5 Å². The van der Waals surface area contributed by atoms with E-state index in [1.165, 1.54) is 15.9 Å². The van der Waals surface area contributed by atoms with Crippen LogP contribution >= 0.6 is 0 Å². The van der Waals surface area contributed by atoms with Gasteiger partial charge in [0, 0.05) is 57.1 Å². The zero-order valence-corrected chi connectivity index (χ0v) is 24.5. The van der Waals surface area contributed by atoms with Crippen LogP contribution in [0.2, 0.25) is 0 Å². The summed E-state index contributed by atoms with van der Waals surface area (Å²) in [6, 6.07) is 6.58. The largest absolute Gasteiger partial charge is 0.483 e. The van der Waals surface area contributed by atoms with Crippen molar-refractivity contribution in [2.45, 2.75) is 38.4 Å². The number of ether oxygens (including phenoxy) is 2. The Bertz CT molecular complexity index is 1430. The minimum Gasteiger partial charge on any atom is -0.483 e. The summed E-state index contributed by atoms with van der Waals surface area (Å²) in [5, 5.41) is 12.2. The molecule has 13 nitrogen and oxygen atoms in total. The van der Waals surface area contributed by atoms with Crippen LogP contribution in [-0.4, -0.2) is 119 Å². The molecule has 0 bridgehead atoms. The van der Waals surface area contributed by atoms with Gasteiger partial charge in [0.2, 0.25) is 5.91 Å². The number of nitrogens with one attached hydrogen (secondary N) is 1. The van der Waals surface area contributed by atoms with Gasteiger partial charge in [-0.3, -0.25) is 19.2 Å². The van der Waals surface area contributed by atoms with E-state index >= 15 is 0 Å². The number of amides is 4. The summed E-state index contributed by atoms with van der Waals surface area (Å²) in [6.45, 7) is 1.49. The predicted octanol–water partition coefficient (Wildman–Crippen LogP) is 2.29. The van der Waals surface area contributed by atoms with Gasteiger partial charge in [-0.15, -0.1) is 0 Å². The lowest BCUT2D eigenvalue weighted by Crippen LogP contribution is -2.56. The first-order valence-corrected chi connectivity index (χ1v) is 14.5. The van der Waals surface area contributed by atoms with E-state index in [9.17, 15) is 42.3 Å². The molecule has 16 heteroatoms. The minimum absolute atomic E-state index is 0.0548. The number of carboxylic acids is 1. The normalized spacial score (nSPS) is 17.6. The number of pyridine rings is 1. The maximum Gasteiger partial charge on any atom is 0.409 e. The number of aromatic nitrogens is 1. The van der Waals surface area contributed by atoms with Crippen LogP contribution in [0.1, 0.15) is 36.7 Å². The van der Waals surface area contributed by atoms with E-state index in [1.807, 2.05) is 0 Å². The number of halogens is 3. The first kappa shape index (κ1) is 33.3. The van der Waals surface area contributed by atoms with Crippen molar-refractivity contribution in [2.75, 3.05) is 52.5 Å². The monoisotopic (exact) mass is 637 g/mol. The molecule has 0 radical (unpaired) electrons. The molecule has 2 fully saturated rings. The summed E-state index contributed by atoms with van der Waals surface area (Å²) < 4.78 is 49.9. The molecule has 4 rings (SSSR count). The highest BCUT2D eigenvalue weighted by atomic mass is 19.4. The fraction of sp³-hybridized carbons (Fsp3) is 0.517. The minimum atomic E-state index is -4.40. The van der Waals surface area contributed by atoms with E-state index in [-0.39, 0.29) is 63.6 Å². The standard InChI is InChI=1S/C29H34F3N5O8/c1-2-44-28(43)36-13-11-35(12-14-36)27(42)21(7-8-25(39)40)34-26(41)22-15-23(19-5-3-4-6-20(19)33-22)45-17-24(38)37-10-9-18(16-37)29(30,31)32/h3-6,15,18,21H,2,7-14,16-17H2,1H3,(H,34,41)(H,39,40)/t18?,21-/m0/s1. The number of aliphatic carboxylic acids is 1. The molecular formula is C29H34F3N5O8. The average molecular weight is 638 g/mol. The molecule has 1 aromatic heterocycles. The van der Waals surface area contributed by atoms with Crippen LogP contribution < -0.4 is 10.1 Å². The molecule has 4 amide bonds. The number of hydrogen-bond donors (Lipinski definition) is 2. The van der Waals surface area contributed by atoms with Crippen LogP contribution in [0.5, 0.6) is 5.75 Å². The van der Waals surface area contributed by atoms with E-state index in [0.717, 1.165) is 4.90 Å². The Labute approximate surface area is 256 Å². The maximum atomic E-state index is 13.4. The number of nitrogens with zero attached hydrogens (tertiary/aromatic N) is 4. The molecule has 2 atom stereocenters. The number of benzene rings is 1. The molecule has 1 unspecified atom stereocenters. The van der Waals surface area contributed by atoms with Crippen LogP contribution in [0.25, 0.3) is 10.9 Å². The number of piperazine rings is 1. The summed E-state index contributed by atoms with van der Waals surface area (Å²) in [5.74, 6) is -4.67. The summed E-state index contributed by atoms with van der Waals surface area (Å²) in [5.41, 5.74) is 0.129. The lowest BCUT2D eigenvalue weighted by atomic mass is 10.1. The van der Waals surface area contributed by atoms with Crippen molar-refractivity contribution in [3.8, 4) is 5.75 Å². The van der Waals surface area contributed by atoms with Crippen molar-refractivity contribution in [1.82, 2.24) is 25.0 Å². The van der Waals surface area contributed by atoms with Crippen molar-refractivity contribution in [1.29, 1.82) is 0 Å². The van der Waals surface area contributed by atoms with Crippen LogP contribution in [-0.2, 0) is 19.1 Å². The first-order valence-electron chi connectivity index (χ1n) is 14.5. The topological polar surface area (TPSA) is 159 Å². The number of hydrogen-bond acceptors (Lipinski definition) is 8. The summed E-state index contributed by atoms with van der Waals surface area (Å²) >= 11 is 0. The summed E-state index contributed by atoms with van der Waals surface area (Å²) in [7, 11) is 0. The number of carboxylic acid groups (broad SMARTS) is 1. The van der Waals surface area contributed by atoms with Gasteiger partial charge < -0.3 is 34.6 Å². The highest BCUT2D eigenvalue weighted by molar-refractivity contribution is 5.99. The second-order valence-corrected chi connectivity index (χ2v) is 10.6. The lowest BCUT2D eigenvalue weighted by molar-refractivity contribution is -0.171. The third-order valence-electron chi connectivity index (χ3n) is 7.63. The third kappa shape index (κ3) is 8.51. The van der Waals surface area contributed by atoms with Gasteiger partial charge in [-0.05, 0) is 31.9 Å². The Kier molecular flexibility index (Phi) is 10.7. The smallest absolute Gasteiger partial charge is 0.409 e. The number of carbonyl (C=O) groups is 5. The van der Waals surface area contributed by atoms with E-state index in [4.69, 9.17) is 9.47 Å². The fourth-order valence-corrected chi connectivity index (χ4v) is 5.17. The van der Waals surface area contributed by atoms with Crippen LogP contribution in [0.4, 0.5) is 18.0 Å². The highest BCUT2D eigenvalue weighted by Gasteiger charge is 2.44. The predicted molar refractivity (Wildman–Crippen MR) is 151 cm³/mol. The van der Waals surface area contributed by atoms with Gasteiger partial charge in [0.25, 0.3) is 11.8 Å². The molecule has 2 aliphatic rings. The van der Waals surface area contributed by atoms with Crippen LogP contribution in [0.15, 0.2) is 30.3 Å². The van der Waals surface area contributed by atoms with Gasteiger partial charge in [0.1, 0.15) is 17.5 Å². The number of carbonyl (C=O) groups excluding carboxylic acids is 4. The molecule has 244 valence electrons. The Morgan fingerprint density at radius 3 is 2.38 bits per heavy atom. The molecule has 0 spiro atoms. The molecule has 1 aromatic carbocycles. The molecule has 0 aliphatic carbocycles. The van der Waals surface area contributed by atoms with Gasteiger partial charge in [0.05, 0.1) is 18.0 Å². The molecule has 45 heavy (non-hydrogen) atoms. The number of fused-ring (bicyclic) bond motifs is 1. The Balaban J connectivity index is 1.47. The summed E-state index contributed by atoms with van der Waals surface area (Å²) in [4.78, 5) is 71.0. The second kappa shape index (κ2) is 14.4. The Hall–Kier alpha value is -4.63. The van der Waals surface area contributed by atoms with Crippen LogP contribution in [0.3, 0.4) is 0 Å². The van der Waals surface area contributed by atoms with Gasteiger partial charge in [0.15, 0.2) is 6.61 Å². The van der Waals surface area contributed by atoms with Gasteiger partial charge in [-0.25, -0.2) is 9.78 Å². The SMILES string of the molecule is CCOC(=O)N1CCN(C(=O)[C@H](CCC(=O)O)NC(=O)c2cc(OCC(=O)N3CCC(C(F)(F)F)C3)c3ccccc3n2)CC1. The average Bonchev–Trinajstić information content (AvgIpc) is 3.53. The molecular weight excluding hydrogens is 603 g/mol. The number of rotatable bonds is 10. The van der Waals surface area contributed by atoms with Crippen molar-refractivity contribution in [2.24, 2.45) is 5.92 Å². The van der Waals surface area contributed by atoms with Gasteiger partial charge >= 0.3 is 18.2 Å². The van der Waals surface area contributed by atoms with Crippen molar-refractivity contribution in [3.05, 3.63) is 36.0 Å². The molecule has 2 aromatic rings. The second-order valence-electron chi connectivity index (χ2n) is 10.6. The van der Waals surface area contributed by atoms with Crippen molar-refractivity contribution < 1.29 is 51.7 Å². The number of alkyl halides is 3. The first-order chi connectivity index (χ1) is 21.4. The highest BCUT2D eigenvalue weighted by Crippen LogP contribution is 2.33. The molecule has 3 heterocycles. The number of para-hydroxylation sites is 1. The summed E-state index contributed by atoms with van der Waals surface area (Å²) in [6.07, 6.45) is -5.72. The zero-order chi connectivity index (χ0) is 32.7. The van der Waals surface area contributed by atoms with Crippen molar-refractivity contribution in [3.63, 3.8) is 0 Å². The van der Waals surface area contributed by atoms with Gasteiger partial charge in [-0.2, -0.15) is 13.2 Å². The van der Waals surface area contributed by atoms with Gasteiger partial charge in [-0.1, -0.05) is 12.1 Å². The molecule has 0 saturated carbocycles. The van der Waals surface area contributed by atoms with Crippen molar-refractivity contribution >= 4 is 40.7 Å². The molecule has 2 N–H and O–H groups in total. The Morgan fingerprint density at radius 1 is 1.04 bits per heavy atom. The quantitative estimate of drug-likeness (QED) is 0.399. The lowest BCUT2D eigenvalue weighted by Gasteiger charge is -2.35. The Morgan fingerprint density at radius 2 is 1.73 bits per heavy atom. The third-order valence-corrected chi connectivity index (χ3v) is 7.63.